The Morgan fingerprint density at radius 2 is 1.69 bits per heavy atom. The molecule has 5 rings (SSSR count). The van der Waals surface area contributed by atoms with Crippen molar-refractivity contribution in [2.45, 2.75) is 24.3 Å². The quantitative estimate of drug-likeness (QED) is 0.456. The van der Waals surface area contributed by atoms with Gasteiger partial charge in [-0.05, 0) is 65.7 Å². The first-order valence-electron chi connectivity index (χ1n) is 11.7. The number of benzene rings is 2. The lowest BCUT2D eigenvalue weighted by atomic mass is 9.90. The Bertz CT molecular complexity index is 1320. The first-order valence-corrected chi connectivity index (χ1v) is 14.9. The van der Waals surface area contributed by atoms with E-state index in [0.717, 1.165) is 17.4 Å². The summed E-state index contributed by atoms with van der Waals surface area (Å²) in [7, 11) is -3.57. The predicted octanol–water partition coefficient (Wildman–Crippen LogP) is 4.30. The highest BCUT2D eigenvalue weighted by Gasteiger charge is 2.34. The number of halogens is 1. The number of nitrogens with zero attached hydrogens (tertiary/aromatic N) is 3. The van der Waals surface area contributed by atoms with E-state index in [9.17, 15) is 13.2 Å². The molecule has 3 aromatic rings. The van der Waals surface area contributed by atoms with Crippen LogP contribution < -0.4 is 0 Å². The van der Waals surface area contributed by atoms with E-state index < -0.39 is 10.0 Å². The predicted molar refractivity (Wildman–Crippen MR) is 142 cm³/mol. The van der Waals surface area contributed by atoms with Crippen molar-refractivity contribution in [2.24, 2.45) is 0 Å². The highest BCUT2D eigenvalue weighted by atomic mass is 79.9. The van der Waals surface area contributed by atoms with Crippen LogP contribution >= 0.6 is 27.3 Å². The SMILES string of the molecule is Cc1ccccc1[C@H]1c2ccsc2CCN1CC(=O)N1CCN(S(=O)(=O)c2ccc(Br)cc2)CC1. The number of thiophene rings is 1. The summed E-state index contributed by atoms with van der Waals surface area (Å²) in [5.74, 6) is 0.0583. The molecule has 3 heterocycles. The number of piperazine rings is 1. The summed E-state index contributed by atoms with van der Waals surface area (Å²) < 4.78 is 28.3. The normalized spacial score (nSPS) is 19.5. The molecule has 184 valence electrons. The fraction of sp³-hybridized carbons (Fsp3) is 0.346. The Morgan fingerprint density at radius 3 is 2.40 bits per heavy atom. The first kappa shape index (κ1) is 24.6. The van der Waals surface area contributed by atoms with Crippen molar-refractivity contribution in [3.8, 4) is 0 Å². The van der Waals surface area contributed by atoms with Crippen LogP contribution in [0.1, 0.15) is 27.6 Å². The third kappa shape index (κ3) is 4.97. The van der Waals surface area contributed by atoms with E-state index in [0.29, 0.717) is 32.7 Å². The number of carbonyl (C=O) groups excluding carboxylic acids is 1. The standard InChI is InChI=1S/C26H28BrN3O3S2/c1-19-4-2-3-5-22(19)26-23-11-17-34-24(23)10-12-29(26)18-25(31)28-13-15-30(16-14-28)35(32,33)21-8-6-20(27)7-9-21/h2-9,11,17,26H,10,12-16,18H2,1H3/t26-/m0/s1. The molecule has 0 saturated carbocycles. The van der Waals surface area contributed by atoms with Crippen LogP contribution in [-0.2, 0) is 21.2 Å². The number of fused-ring (bicyclic) bond motifs is 1. The molecule has 6 nitrogen and oxygen atoms in total. The number of sulfonamides is 1. The van der Waals surface area contributed by atoms with Crippen LogP contribution in [0, 0.1) is 6.92 Å². The van der Waals surface area contributed by atoms with Crippen LogP contribution in [0.5, 0.6) is 0 Å². The molecule has 1 fully saturated rings. The molecule has 0 radical (unpaired) electrons. The summed E-state index contributed by atoms with van der Waals surface area (Å²) in [4.78, 5) is 19.1. The lowest BCUT2D eigenvalue weighted by Crippen LogP contribution is -2.53. The molecule has 0 aliphatic carbocycles. The minimum absolute atomic E-state index is 0.0583. The van der Waals surface area contributed by atoms with Crippen molar-refractivity contribution in [1.82, 2.24) is 14.1 Å². The van der Waals surface area contributed by atoms with E-state index in [1.807, 2.05) is 11.0 Å². The number of rotatable bonds is 5. The molecular formula is C26H28BrN3O3S2. The average molecular weight is 575 g/mol. The zero-order valence-electron chi connectivity index (χ0n) is 19.6. The van der Waals surface area contributed by atoms with Crippen LogP contribution in [0.4, 0.5) is 0 Å². The van der Waals surface area contributed by atoms with Crippen LogP contribution in [-0.4, -0.2) is 67.7 Å². The second-order valence-corrected chi connectivity index (χ2v) is 12.9. The summed E-state index contributed by atoms with van der Waals surface area (Å²) in [5, 5.41) is 2.15. The Balaban J connectivity index is 1.28. The van der Waals surface area contributed by atoms with Crippen molar-refractivity contribution >= 4 is 43.2 Å². The van der Waals surface area contributed by atoms with Gasteiger partial charge in [0.15, 0.2) is 0 Å². The molecule has 1 saturated heterocycles. The van der Waals surface area contributed by atoms with Gasteiger partial charge in [-0.25, -0.2) is 8.42 Å². The zero-order valence-corrected chi connectivity index (χ0v) is 22.8. The minimum atomic E-state index is -3.57. The maximum atomic E-state index is 13.4. The van der Waals surface area contributed by atoms with Gasteiger partial charge in [-0.2, -0.15) is 4.31 Å². The fourth-order valence-electron chi connectivity index (χ4n) is 5.00. The molecule has 9 heteroatoms. The Labute approximate surface area is 219 Å². The zero-order chi connectivity index (χ0) is 24.6. The second-order valence-electron chi connectivity index (χ2n) is 9.02. The fourth-order valence-corrected chi connectivity index (χ4v) is 7.59. The molecule has 0 bridgehead atoms. The van der Waals surface area contributed by atoms with E-state index in [1.165, 1.54) is 25.9 Å². The topological polar surface area (TPSA) is 60.9 Å². The van der Waals surface area contributed by atoms with Gasteiger partial charge in [-0.3, -0.25) is 9.69 Å². The van der Waals surface area contributed by atoms with Crippen LogP contribution in [0.3, 0.4) is 0 Å². The molecule has 35 heavy (non-hydrogen) atoms. The van der Waals surface area contributed by atoms with E-state index in [1.54, 1.807) is 35.6 Å². The molecular weight excluding hydrogens is 546 g/mol. The summed E-state index contributed by atoms with van der Waals surface area (Å²) in [6.07, 6.45) is 0.946. The van der Waals surface area contributed by atoms with Gasteiger partial charge in [0.25, 0.3) is 0 Å². The van der Waals surface area contributed by atoms with Crippen LogP contribution in [0.2, 0.25) is 0 Å². The maximum Gasteiger partial charge on any atom is 0.243 e. The van der Waals surface area contributed by atoms with E-state index in [-0.39, 0.29) is 16.8 Å². The van der Waals surface area contributed by atoms with Gasteiger partial charge >= 0.3 is 0 Å². The number of amides is 1. The lowest BCUT2D eigenvalue weighted by molar-refractivity contribution is -0.134. The first-order chi connectivity index (χ1) is 16.8. The van der Waals surface area contributed by atoms with E-state index >= 15 is 0 Å². The molecule has 2 aromatic carbocycles. The van der Waals surface area contributed by atoms with Gasteiger partial charge in [0, 0.05) is 42.1 Å². The smallest absolute Gasteiger partial charge is 0.243 e. The van der Waals surface area contributed by atoms with Gasteiger partial charge in [0.2, 0.25) is 15.9 Å². The Morgan fingerprint density at radius 1 is 0.971 bits per heavy atom. The number of aryl methyl sites for hydroxylation is 1. The molecule has 1 amide bonds. The van der Waals surface area contributed by atoms with Crippen molar-refractivity contribution < 1.29 is 13.2 Å². The van der Waals surface area contributed by atoms with Crippen LogP contribution in [0.15, 0.2) is 69.3 Å². The summed E-state index contributed by atoms with van der Waals surface area (Å²) in [6.45, 7) is 4.70. The van der Waals surface area contributed by atoms with Crippen molar-refractivity contribution in [1.29, 1.82) is 0 Å². The molecule has 1 atom stereocenters. The van der Waals surface area contributed by atoms with Crippen LogP contribution in [0.25, 0.3) is 0 Å². The van der Waals surface area contributed by atoms with Crippen molar-refractivity contribution in [3.05, 3.63) is 86.0 Å². The third-order valence-electron chi connectivity index (χ3n) is 6.93. The van der Waals surface area contributed by atoms with E-state index in [2.05, 4.69) is 57.4 Å². The minimum Gasteiger partial charge on any atom is -0.339 e. The van der Waals surface area contributed by atoms with Gasteiger partial charge < -0.3 is 4.90 Å². The highest BCUT2D eigenvalue weighted by molar-refractivity contribution is 9.10. The molecule has 0 N–H and O–H groups in total. The lowest BCUT2D eigenvalue weighted by Gasteiger charge is -2.39. The number of hydrogen-bond donors (Lipinski definition) is 0. The van der Waals surface area contributed by atoms with Gasteiger partial charge in [-0.15, -0.1) is 11.3 Å². The largest absolute Gasteiger partial charge is 0.339 e. The second kappa shape index (κ2) is 10.1. The molecule has 0 spiro atoms. The Kier molecular flexibility index (Phi) is 7.14. The summed E-state index contributed by atoms with van der Waals surface area (Å²) >= 11 is 5.14. The molecule has 1 aromatic heterocycles. The third-order valence-corrected chi connectivity index (χ3v) is 10.4. The van der Waals surface area contributed by atoms with Gasteiger partial charge in [0.1, 0.15) is 0 Å². The van der Waals surface area contributed by atoms with Crippen molar-refractivity contribution in [3.63, 3.8) is 0 Å². The average Bonchev–Trinajstić information content (AvgIpc) is 3.34. The summed E-state index contributed by atoms with van der Waals surface area (Å²) in [6, 6.07) is 17.3. The van der Waals surface area contributed by atoms with Gasteiger partial charge in [0.05, 0.1) is 17.5 Å². The highest BCUT2D eigenvalue weighted by Crippen LogP contribution is 2.38. The van der Waals surface area contributed by atoms with Gasteiger partial charge in [-0.1, -0.05) is 40.2 Å². The monoisotopic (exact) mass is 573 g/mol. The van der Waals surface area contributed by atoms with Crippen molar-refractivity contribution in [2.75, 3.05) is 39.3 Å². The number of carbonyl (C=O) groups is 1. The molecule has 2 aliphatic rings. The molecule has 2 aliphatic heterocycles. The summed E-state index contributed by atoms with van der Waals surface area (Å²) in [5.41, 5.74) is 3.76. The number of hydrogen-bond acceptors (Lipinski definition) is 5. The maximum absolute atomic E-state index is 13.4. The van der Waals surface area contributed by atoms with E-state index in [4.69, 9.17) is 0 Å². The molecule has 0 unspecified atom stereocenters. The Hall–Kier alpha value is -2.04.